The lowest BCUT2D eigenvalue weighted by Gasteiger charge is -2.16. The monoisotopic (exact) mass is 466 g/mol. The van der Waals surface area contributed by atoms with Crippen LogP contribution < -0.4 is 15.4 Å². The maximum Gasteiger partial charge on any atom is 0.573 e. The molecule has 170 valence electrons. The lowest BCUT2D eigenvalue weighted by molar-refractivity contribution is -0.274. The molecule has 0 atom stereocenters. The topological polar surface area (TPSA) is 94.5 Å². The van der Waals surface area contributed by atoms with Crippen LogP contribution in [0.4, 0.5) is 23.9 Å². The van der Waals surface area contributed by atoms with Gasteiger partial charge in [0.2, 0.25) is 11.8 Å². The van der Waals surface area contributed by atoms with Crippen molar-refractivity contribution in [2.75, 3.05) is 30.8 Å². The largest absolute Gasteiger partial charge is 0.573 e. The quantitative estimate of drug-likeness (QED) is 0.615. The summed E-state index contributed by atoms with van der Waals surface area (Å²) in [5, 5.41) is 15.3. The Morgan fingerprint density at radius 3 is 2.56 bits per heavy atom. The zero-order valence-corrected chi connectivity index (χ0v) is 18.0. The molecule has 0 unspecified atom stereocenters. The normalized spacial score (nSPS) is 12.9. The fourth-order valence-corrected chi connectivity index (χ4v) is 4.61. The first kappa shape index (κ1) is 23.6. The van der Waals surface area contributed by atoms with E-state index < -0.39 is 6.36 Å². The van der Waals surface area contributed by atoms with Crippen LogP contribution in [0.5, 0.6) is 5.75 Å². The second-order valence-electron chi connectivity index (χ2n) is 7.33. The van der Waals surface area contributed by atoms with Gasteiger partial charge in [-0.05, 0) is 56.1 Å². The van der Waals surface area contributed by atoms with Crippen molar-refractivity contribution in [2.45, 2.75) is 32.0 Å². The number of benzene rings is 1. The summed E-state index contributed by atoms with van der Waals surface area (Å²) in [6.45, 7) is 0.301. The van der Waals surface area contributed by atoms with E-state index in [2.05, 4.69) is 21.4 Å². The molecule has 1 heterocycles. The van der Waals surface area contributed by atoms with Gasteiger partial charge in [-0.2, -0.15) is 5.26 Å². The van der Waals surface area contributed by atoms with E-state index in [1.165, 1.54) is 23.5 Å². The van der Waals surface area contributed by atoms with Crippen LogP contribution in [-0.2, 0) is 22.4 Å². The Bertz CT molecular complexity index is 1030. The third-order valence-electron chi connectivity index (χ3n) is 4.79. The number of aryl methyl sites for hydroxylation is 1. The lowest BCUT2D eigenvalue weighted by atomic mass is 10.1. The number of likely N-dealkylation sites (N-methyl/N-ethyl adjacent to an activating group) is 1. The standard InChI is InChI=1S/C21H21F3N4O3S/c1-28(12-19(30)26-13-5-7-14(8-6-13)31-21(22,23)24)10-9-18(29)27-20-16(11-25)15-3-2-4-17(15)32-20/h5-8H,2-4,9-10,12H2,1H3,(H,26,30)(H,27,29). The molecule has 2 aromatic rings. The van der Waals surface area contributed by atoms with Gasteiger partial charge in [0.05, 0.1) is 12.1 Å². The molecular weight excluding hydrogens is 445 g/mol. The third kappa shape index (κ3) is 6.45. The van der Waals surface area contributed by atoms with Crippen molar-refractivity contribution < 1.29 is 27.5 Å². The molecule has 0 bridgehead atoms. The Hall–Kier alpha value is -3.10. The van der Waals surface area contributed by atoms with E-state index in [-0.39, 0.29) is 30.5 Å². The molecule has 2 N–H and O–H groups in total. The van der Waals surface area contributed by atoms with Gasteiger partial charge in [-0.25, -0.2) is 0 Å². The van der Waals surface area contributed by atoms with Crippen LogP contribution in [0.15, 0.2) is 24.3 Å². The molecular formula is C21H21F3N4O3S. The number of alkyl halides is 3. The van der Waals surface area contributed by atoms with Crippen LogP contribution in [0.2, 0.25) is 0 Å². The Balaban J connectivity index is 1.42. The van der Waals surface area contributed by atoms with Crippen LogP contribution >= 0.6 is 11.3 Å². The molecule has 0 spiro atoms. The number of amides is 2. The van der Waals surface area contributed by atoms with Crippen LogP contribution in [0, 0.1) is 11.3 Å². The summed E-state index contributed by atoms with van der Waals surface area (Å²) in [5.74, 6) is -0.998. The van der Waals surface area contributed by atoms with Gasteiger partial charge < -0.3 is 15.4 Å². The summed E-state index contributed by atoms with van der Waals surface area (Å²) in [7, 11) is 1.67. The number of ether oxygens (including phenoxy) is 1. The Kier molecular flexibility index (Phi) is 7.37. The lowest BCUT2D eigenvalue weighted by Crippen LogP contribution is -2.32. The van der Waals surface area contributed by atoms with Crippen molar-refractivity contribution in [3.05, 3.63) is 40.3 Å². The van der Waals surface area contributed by atoms with Gasteiger partial charge in [-0.1, -0.05) is 0 Å². The predicted molar refractivity (Wildman–Crippen MR) is 114 cm³/mol. The highest BCUT2D eigenvalue weighted by Crippen LogP contribution is 2.38. The molecule has 7 nitrogen and oxygen atoms in total. The molecule has 1 aliphatic carbocycles. The average Bonchev–Trinajstić information content (AvgIpc) is 3.27. The average molecular weight is 466 g/mol. The molecule has 1 aromatic heterocycles. The molecule has 0 fully saturated rings. The number of rotatable bonds is 8. The number of nitriles is 1. The summed E-state index contributed by atoms with van der Waals surface area (Å²) in [6.07, 6.45) is -1.82. The van der Waals surface area contributed by atoms with Crippen LogP contribution in [0.25, 0.3) is 0 Å². The SMILES string of the molecule is CN(CCC(=O)Nc1sc2c(c1C#N)CCC2)CC(=O)Nc1ccc(OC(F)(F)F)cc1. The van der Waals surface area contributed by atoms with Gasteiger partial charge in [-0.3, -0.25) is 14.5 Å². The van der Waals surface area contributed by atoms with Gasteiger partial charge in [0.1, 0.15) is 16.8 Å². The first-order valence-corrected chi connectivity index (χ1v) is 10.6. The number of carbonyl (C=O) groups is 2. The molecule has 0 radical (unpaired) electrons. The van der Waals surface area contributed by atoms with Gasteiger partial charge in [0.15, 0.2) is 0 Å². The minimum atomic E-state index is -4.78. The second kappa shape index (κ2) is 10.0. The van der Waals surface area contributed by atoms with Gasteiger partial charge in [0, 0.05) is 23.5 Å². The number of hydrogen-bond acceptors (Lipinski definition) is 6. The highest BCUT2D eigenvalue weighted by molar-refractivity contribution is 7.16. The Labute approximate surface area is 186 Å². The van der Waals surface area contributed by atoms with E-state index in [4.69, 9.17) is 0 Å². The molecule has 2 amide bonds. The van der Waals surface area contributed by atoms with Crippen molar-refractivity contribution in [3.63, 3.8) is 0 Å². The molecule has 0 saturated heterocycles. The third-order valence-corrected chi connectivity index (χ3v) is 6.00. The number of nitrogens with one attached hydrogen (secondary N) is 2. The van der Waals surface area contributed by atoms with E-state index in [1.807, 2.05) is 0 Å². The highest BCUT2D eigenvalue weighted by atomic mass is 32.1. The summed E-state index contributed by atoms with van der Waals surface area (Å²) in [4.78, 5) is 27.2. The molecule has 1 aliphatic rings. The second-order valence-corrected chi connectivity index (χ2v) is 8.43. The van der Waals surface area contributed by atoms with Crippen molar-refractivity contribution >= 4 is 33.8 Å². The molecule has 1 aromatic carbocycles. The summed E-state index contributed by atoms with van der Waals surface area (Å²) < 4.78 is 40.3. The number of hydrogen-bond donors (Lipinski definition) is 2. The fraction of sp³-hybridized carbons (Fsp3) is 0.381. The number of carbonyl (C=O) groups excluding carboxylic acids is 2. The summed E-state index contributed by atoms with van der Waals surface area (Å²) >= 11 is 1.45. The zero-order valence-electron chi connectivity index (χ0n) is 17.2. The molecule has 0 aliphatic heterocycles. The minimum absolute atomic E-state index is 0.00910. The van der Waals surface area contributed by atoms with E-state index >= 15 is 0 Å². The van der Waals surface area contributed by atoms with Crippen molar-refractivity contribution in [1.82, 2.24) is 4.90 Å². The summed E-state index contributed by atoms with van der Waals surface area (Å²) in [6, 6.07) is 6.99. The Morgan fingerprint density at radius 1 is 1.19 bits per heavy atom. The smallest absolute Gasteiger partial charge is 0.406 e. The number of nitrogens with zero attached hydrogens (tertiary/aromatic N) is 2. The Morgan fingerprint density at radius 2 is 1.91 bits per heavy atom. The first-order valence-electron chi connectivity index (χ1n) is 9.83. The number of thiophene rings is 1. The summed E-state index contributed by atoms with van der Waals surface area (Å²) in [5.41, 5.74) is 1.92. The molecule has 0 saturated carbocycles. The zero-order chi connectivity index (χ0) is 23.3. The minimum Gasteiger partial charge on any atom is -0.406 e. The maximum absolute atomic E-state index is 12.3. The van der Waals surface area contributed by atoms with E-state index in [9.17, 15) is 28.0 Å². The van der Waals surface area contributed by atoms with Crippen LogP contribution in [0.3, 0.4) is 0 Å². The van der Waals surface area contributed by atoms with Crippen molar-refractivity contribution in [1.29, 1.82) is 5.26 Å². The van der Waals surface area contributed by atoms with Crippen LogP contribution in [-0.4, -0.2) is 43.2 Å². The van der Waals surface area contributed by atoms with Crippen molar-refractivity contribution in [3.8, 4) is 11.8 Å². The van der Waals surface area contributed by atoms with Gasteiger partial charge >= 0.3 is 6.36 Å². The molecule has 11 heteroatoms. The number of anilines is 2. The fourth-order valence-electron chi connectivity index (χ4n) is 3.36. The number of halogens is 3. The molecule has 32 heavy (non-hydrogen) atoms. The van der Waals surface area contributed by atoms with Crippen LogP contribution in [0.1, 0.15) is 28.8 Å². The van der Waals surface area contributed by atoms with Gasteiger partial charge in [0.25, 0.3) is 0 Å². The number of fused-ring (bicyclic) bond motifs is 1. The highest BCUT2D eigenvalue weighted by Gasteiger charge is 2.31. The first-order chi connectivity index (χ1) is 15.1. The van der Waals surface area contributed by atoms with Crippen molar-refractivity contribution in [2.24, 2.45) is 0 Å². The van der Waals surface area contributed by atoms with E-state index in [0.717, 1.165) is 41.8 Å². The maximum atomic E-state index is 12.3. The van der Waals surface area contributed by atoms with E-state index in [0.29, 0.717) is 22.8 Å². The van der Waals surface area contributed by atoms with Gasteiger partial charge in [-0.15, -0.1) is 24.5 Å². The molecule has 3 rings (SSSR count). The predicted octanol–water partition coefficient (Wildman–Crippen LogP) is 3.91. The van der Waals surface area contributed by atoms with E-state index in [1.54, 1.807) is 11.9 Å².